The van der Waals surface area contributed by atoms with E-state index in [1.54, 1.807) is 6.92 Å². The Bertz CT molecular complexity index is 209. The summed E-state index contributed by atoms with van der Waals surface area (Å²) in [5.74, 6) is 2.22. The highest BCUT2D eigenvalue weighted by Crippen LogP contribution is 1.71. The summed E-state index contributed by atoms with van der Waals surface area (Å²) in [5.41, 5.74) is 4.87. The highest BCUT2D eigenvalue weighted by atomic mass is 32.1. The van der Waals surface area contributed by atoms with Crippen LogP contribution in [0.1, 0.15) is 13.3 Å². The molecule has 0 aliphatic heterocycles. The molecule has 3 N–H and O–H groups in total. The summed E-state index contributed by atoms with van der Waals surface area (Å²) in [6.07, 6.45) is 5.38. The first-order valence-electron chi connectivity index (χ1n) is 3.46. The highest BCUT2D eigenvalue weighted by Gasteiger charge is 1.95. The molecule has 0 unspecified atom stereocenters. The Morgan fingerprint density at radius 1 is 1.58 bits per heavy atom. The second kappa shape index (κ2) is 6.43. The van der Waals surface area contributed by atoms with Crippen molar-refractivity contribution in [2.45, 2.75) is 13.3 Å². The van der Waals surface area contributed by atoms with Crippen molar-refractivity contribution in [3.05, 3.63) is 0 Å². The van der Waals surface area contributed by atoms with Crippen LogP contribution in [-0.2, 0) is 4.79 Å². The molecular formula is C7H11N3OS. The van der Waals surface area contributed by atoms with Gasteiger partial charge in [0, 0.05) is 6.42 Å². The van der Waals surface area contributed by atoms with E-state index in [-0.39, 0.29) is 5.91 Å². The number of rotatable bonds is 2. The van der Waals surface area contributed by atoms with Gasteiger partial charge in [0.25, 0.3) is 0 Å². The van der Waals surface area contributed by atoms with Crippen molar-refractivity contribution >= 4 is 23.2 Å². The van der Waals surface area contributed by atoms with Gasteiger partial charge in [0.05, 0.1) is 6.54 Å². The Balaban J connectivity index is 3.45. The fourth-order valence-corrected chi connectivity index (χ4v) is 0.514. The first kappa shape index (κ1) is 10.7. The molecule has 0 bridgehead atoms. The molecular weight excluding hydrogens is 174 g/mol. The van der Waals surface area contributed by atoms with Gasteiger partial charge in [0.1, 0.15) is 0 Å². The maximum Gasteiger partial charge on any atom is 0.238 e. The zero-order valence-corrected chi connectivity index (χ0v) is 7.62. The number of amides is 1. The number of hydrogen-bond donors (Lipinski definition) is 3. The number of hydrazine groups is 1. The number of nitrogens with one attached hydrogen (secondary N) is 3. The third-order valence-electron chi connectivity index (χ3n) is 0.988. The predicted octanol–water partition coefficient (Wildman–Crippen LogP) is -0.475. The van der Waals surface area contributed by atoms with Crippen LogP contribution in [0.5, 0.6) is 0 Å². The molecule has 0 saturated carbocycles. The number of carbonyl (C=O) groups excluding carboxylic acids is 1. The molecule has 0 aromatic heterocycles. The van der Waals surface area contributed by atoms with Crippen molar-refractivity contribution in [3.63, 3.8) is 0 Å². The van der Waals surface area contributed by atoms with Gasteiger partial charge in [-0.2, -0.15) is 0 Å². The Hall–Kier alpha value is -1.28. The third kappa shape index (κ3) is 5.50. The summed E-state index contributed by atoms with van der Waals surface area (Å²) < 4.78 is 0. The molecule has 0 rings (SSSR count). The first-order chi connectivity index (χ1) is 5.70. The average Bonchev–Trinajstić information content (AvgIpc) is 2.10. The van der Waals surface area contributed by atoms with E-state index in [4.69, 9.17) is 18.6 Å². The molecule has 0 aliphatic carbocycles. The Kier molecular flexibility index (Phi) is 5.75. The monoisotopic (exact) mass is 185 g/mol. The number of carbonyl (C=O) groups is 1. The minimum atomic E-state index is -0.125. The standard InChI is InChI=1S/C7H11N3OS/c1-3-5-8-7(12)10-9-6(11)4-2/h1H,4-5H2,2H3,(H,9,11)(H2,8,10,12). The van der Waals surface area contributed by atoms with Crippen molar-refractivity contribution in [2.24, 2.45) is 0 Å². The fraction of sp³-hybridized carbons (Fsp3) is 0.429. The van der Waals surface area contributed by atoms with E-state index in [0.29, 0.717) is 18.1 Å². The molecule has 0 aromatic carbocycles. The van der Waals surface area contributed by atoms with Crippen LogP contribution in [0.15, 0.2) is 0 Å². The van der Waals surface area contributed by atoms with Crippen LogP contribution in [0.4, 0.5) is 0 Å². The van der Waals surface area contributed by atoms with E-state index in [2.05, 4.69) is 22.1 Å². The maximum absolute atomic E-state index is 10.7. The summed E-state index contributed by atoms with van der Waals surface area (Å²) in [6.45, 7) is 2.09. The molecule has 0 heterocycles. The lowest BCUT2D eigenvalue weighted by atomic mass is 10.5. The normalized spacial score (nSPS) is 8.00. The maximum atomic E-state index is 10.7. The third-order valence-corrected chi connectivity index (χ3v) is 1.23. The second-order valence-corrected chi connectivity index (χ2v) is 2.32. The van der Waals surface area contributed by atoms with Crippen molar-refractivity contribution in [1.29, 1.82) is 0 Å². The lowest BCUT2D eigenvalue weighted by Crippen LogP contribution is -2.46. The van der Waals surface area contributed by atoms with Crippen LogP contribution in [0.3, 0.4) is 0 Å². The van der Waals surface area contributed by atoms with E-state index in [1.807, 2.05) is 0 Å². The molecule has 0 aromatic rings. The zero-order chi connectivity index (χ0) is 9.40. The quantitative estimate of drug-likeness (QED) is 0.309. The van der Waals surface area contributed by atoms with E-state index < -0.39 is 0 Å². The van der Waals surface area contributed by atoms with Gasteiger partial charge in [-0.05, 0) is 12.2 Å². The Labute approximate surface area is 77.1 Å². The van der Waals surface area contributed by atoms with Crippen LogP contribution in [0.25, 0.3) is 0 Å². The molecule has 0 radical (unpaired) electrons. The summed E-state index contributed by atoms with van der Waals surface area (Å²) >= 11 is 4.75. The van der Waals surface area contributed by atoms with E-state index in [0.717, 1.165) is 0 Å². The SMILES string of the molecule is C#CCNC(=S)NNC(=O)CC. The van der Waals surface area contributed by atoms with E-state index in [1.165, 1.54) is 0 Å². The Morgan fingerprint density at radius 3 is 2.75 bits per heavy atom. The van der Waals surface area contributed by atoms with Crippen LogP contribution < -0.4 is 16.2 Å². The van der Waals surface area contributed by atoms with Crippen molar-refractivity contribution in [3.8, 4) is 12.3 Å². The van der Waals surface area contributed by atoms with Crippen molar-refractivity contribution < 1.29 is 4.79 Å². The van der Waals surface area contributed by atoms with Gasteiger partial charge in [-0.25, -0.2) is 0 Å². The van der Waals surface area contributed by atoms with Crippen LogP contribution >= 0.6 is 12.2 Å². The summed E-state index contributed by atoms with van der Waals surface area (Å²) in [4.78, 5) is 10.7. The first-order valence-corrected chi connectivity index (χ1v) is 3.87. The van der Waals surface area contributed by atoms with Gasteiger partial charge in [-0.3, -0.25) is 15.6 Å². The summed E-state index contributed by atoms with van der Waals surface area (Å²) in [5, 5.41) is 3.00. The number of hydrogen-bond acceptors (Lipinski definition) is 2. The minimum absolute atomic E-state index is 0.125. The van der Waals surface area contributed by atoms with Gasteiger partial charge in [-0.1, -0.05) is 12.8 Å². The molecule has 4 nitrogen and oxygen atoms in total. The molecule has 0 fully saturated rings. The molecule has 1 amide bonds. The molecule has 66 valence electrons. The number of thiocarbonyl (C=S) groups is 1. The van der Waals surface area contributed by atoms with Gasteiger partial charge >= 0.3 is 0 Å². The fourth-order valence-electron chi connectivity index (χ4n) is 0.390. The zero-order valence-electron chi connectivity index (χ0n) is 6.81. The minimum Gasteiger partial charge on any atom is -0.350 e. The molecule has 0 saturated heterocycles. The van der Waals surface area contributed by atoms with Gasteiger partial charge in [0.15, 0.2) is 5.11 Å². The van der Waals surface area contributed by atoms with Crippen LogP contribution in [0.2, 0.25) is 0 Å². The second-order valence-electron chi connectivity index (χ2n) is 1.91. The van der Waals surface area contributed by atoms with Gasteiger partial charge < -0.3 is 5.32 Å². The highest BCUT2D eigenvalue weighted by molar-refractivity contribution is 7.80. The summed E-state index contributed by atoms with van der Waals surface area (Å²) in [6, 6.07) is 0. The lowest BCUT2D eigenvalue weighted by molar-refractivity contribution is -0.121. The summed E-state index contributed by atoms with van der Waals surface area (Å²) in [7, 11) is 0. The molecule has 12 heavy (non-hydrogen) atoms. The van der Waals surface area contributed by atoms with Crippen LogP contribution in [-0.4, -0.2) is 17.6 Å². The topological polar surface area (TPSA) is 53.2 Å². The predicted molar refractivity (Wildman–Crippen MR) is 51.0 cm³/mol. The molecule has 5 heteroatoms. The van der Waals surface area contributed by atoms with Crippen molar-refractivity contribution in [1.82, 2.24) is 16.2 Å². The van der Waals surface area contributed by atoms with E-state index >= 15 is 0 Å². The van der Waals surface area contributed by atoms with Crippen molar-refractivity contribution in [2.75, 3.05) is 6.54 Å². The van der Waals surface area contributed by atoms with Gasteiger partial charge in [-0.15, -0.1) is 6.42 Å². The number of terminal acetylenes is 1. The van der Waals surface area contributed by atoms with Crippen LogP contribution in [0, 0.1) is 12.3 Å². The smallest absolute Gasteiger partial charge is 0.238 e. The molecule has 0 aliphatic rings. The van der Waals surface area contributed by atoms with Gasteiger partial charge in [0.2, 0.25) is 5.91 Å². The van der Waals surface area contributed by atoms with E-state index in [9.17, 15) is 4.79 Å². The largest absolute Gasteiger partial charge is 0.350 e. The molecule has 0 atom stereocenters. The molecule has 0 spiro atoms. The Morgan fingerprint density at radius 2 is 2.25 bits per heavy atom. The lowest BCUT2D eigenvalue weighted by Gasteiger charge is -2.08. The average molecular weight is 185 g/mol.